The second kappa shape index (κ2) is 10.7. The first-order chi connectivity index (χ1) is 22.6. The molecule has 0 saturated heterocycles. The van der Waals surface area contributed by atoms with E-state index >= 15 is 0 Å². The van der Waals surface area contributed by atoms with Crippen LogP contribution in [0.25, 0.3) is 66.1 Å². The topological polar surface area (TPSA) is 75.3 Å². The summed E-state index contributed by atoms with van der Waals surface area (Å²) in [6, 6.07) is 39.4. The van der Waals surface area contributed by atoms with E-state index < -0.39 is 11.9 Å². The van der Waals surface area contributed by atoms with Crippen molar-refractivity contribution in [3.8, 4) is 22.5 Å². The van der Waals surface area contributed by atoms with Crippen molar-refractivity contribution in [2.24, 2.45) is 0 Å². The van der Waals surface area contributed by atoms with Gasteiger partial charge in [0, 0.05) is 50.9 Å². The maximum absolute atomic E-state index is 13.2. The number of nitrogens with zero attached hydrogens (tertiary/aromatic N) is 3. The molecule has 222 valence electrons. The summed E-state index contributed by atoms with van der Waals surface area (Å²) in [5.74, 6) is -1.21. The van der Waals surface area contributed by atoms with Gasteiger partial charge in [-0.05, 0) is 48.0 Å². The van der Waals surface area contributed by atoms with Crippen LogP contribution >= 0.6 is 0 Å². The smallest absolute Gasteiger partial charge is 0.340 e. The van der Waals surface area contributed by atoms with Crippen LogP contribution in [0.2, 0.25) is 0 Å². The Labute approximate surface area is 263 Å². The molecule has 0 unspecified atom stereocenters. The van der Waals surface area contributed by atoms with E-state index in [0.717, 1.165) is 55.0 Å². The molecule has 0 atom stereocenters. The van der Waals surface area contributed by atoms with Crippen molar-refractivity contribution in [3.63, 3.8) is 0 Å². The van der Waals surface area contributed by atoms with E-state index in [2.05, 4.69) is 68.7 Å². The predicted molar refractivity (Wildman–Crippen MR) is 181 cm³/mol. The molecule has 0 saturated carbocycles. The van der Waals surface area contributed by atoms with Gasteiger partial charge in [0.1, 0.15) is 0 Å². The van der Waals surface area contributed by atoms with Crippen LogP contribution in [0.1, 0.15) is 20.7 Å². The van der Waals surface area contributed by atoms with Gasteiger partial charge in [-0.3, -0.25) is 4.98 Å². The first-order valence-corrected chi connectivity index (χ1v) is 14.9. The van der Waals surface area contributed by atoms with Crippen LogP contribution in [0.3, 0.4) is 0 Å². The second-order valence-electron chi connectivity index (χ2n) is 11.1. The van der Waals surface area contributed by atoms with Crippen LogP contribution < -0.4 is 0 Å². The van der Waals surface area contributed by atoms with Crippen molar-refractivity contribution in [1.82, 2.24) is 14.1 Å². The molecular weight excluding hydrogens is 574 g/mol. The SMILES string of the molecule is COC(=O)c1cncc(C(=O)OC)c1-c1cc(-n2c3ccccc3c3ccccc32)cc(-n2c3ccccc3c3ccccc32)c1. The molecule has 0 spiro atoms. The summed E-state index contributed by atoms with van der Waals surface area (Å²) in [5.41, 5.74) is 7.20. The largest absolute Gasteiger partial charge is 0.465 e. The van der Waals surface area contributed by atoms with Crippen LogP contribution in [0.15, 0.2) is 128 Å². The van der Waals surface area contributed by atoms with Gasteiger partial charge in [-0.1, -0.05) is 72.8 Å². The molecule has 0 amide bonds. The molecule has 7 nitrogen and oxygen atoms in total. The van der Waals surface area contributed by atoms with Crippen molar-refractivity contribution < 1.29 is 19.1 Å². The molecular formula is C39H27N3O4. The number of methoxy groups -OCH3 is 2. The van der Waals surface area contributed by atoms with Crippen LogP contribution in [-0.2, 0) is 9.47 Å². The quantitative estimate of drug-likeness (QED) is 0.185. The number of carbonyl (C=O) groups excluding carboxylic acids is 2. The lowest BCUT2D eigenvalue weighted by Crippen LogP contribution is -2.12. The van der Waals surface area contributed by atoms with Crippen LogP contribution in [-0.4, -0.2) is 40.3 Å². The van der Waals surface area contributed by atoms with Crippen LogP contribution in [0, 0.1) is 0 Å². The fourth-order valence-electron chi connectivity index (χ4n) is 6.70. The van der Waals surface area contributed by atoms with Gasteiger partial charge in [-0.2, -0.15) is 0 Å². The van der Waals surface area contributed by atoms with Crippen molar-refractivity contribution in [3.05, 3.63) is 139 Å². The Balaban J connectivity index is 1.54. The molecule has 0 radical (unpaired) electrons. The number of hydrogen-bond acceptors (Lipinski definition) is 5. The van der Waals surface area contributed by atoms with Gasteiger partial charge in [-0.25, -0.2) is 9.59 Å². The Morgan fingerprint density at radius 1 is 0.522 bits per heavy atom. The molecule has 0 aliphatic rings. The van der Waals surface area contributed by atoms with Gasteiger partial charge in [0.15, 0.2) is 0 Å². The minimum atomic E-state index is -0.603. The number of rotatable bonds is 5. The Morgan fingerprint density at radius 3 is 1.22 bits per heavy atom. The number of para-hydroxylation sites is 4. The summed E-state index contributed by atoms with van der Waals surface area (Å²) in [4.78, 5) is 30.5. The Hall–Kier alpha value is -6.21. The van der Waals surface area contributed by atoms with E-state index in [1.165, 1.54) is 26.6 Å². The van der Waals surface area contributed by atoms with Crippen LogP contribution in [0.4, 0.5) is 0 Å². The summed E-state index contributed by atoms with van der Waals surface area (Å²) in [7, 11) is 2.63. The zero-order chi connectivity index (χ0) is 31.4. The highest BCUT2D eigenvalue weighted by Crippen LogP contribution is 2.39. The van der Waals surface area contributed by atoms with E-state index in [1.807, 2.05) is 60.7 Å². The number of esters is 2. The molecule has 0 aliphatic carbocycles. The highest BCUT2D eigenvalue weighted by atomic mass is 16.5. The normalized spacial score (nSPS) is 11.4. The summed E-state index contributed by atoms with van der Waals surface area (Å²) in [6.07, 6.45) is 2.86. The summed E-state index contributed by atoms with van der Waals surface area (Å²) < 4.78 is 14.8. The maximum atomic E-state index is 13.2. The summed E-state index contributed by atoms with van der Waals surface area (Å²) in [6.45, 7) is 0. The van der Waals surface area contributed by atoms with Crippen LogP contribution in [0.5, 0.6) is 0 Å². The number of ether oxygens (including phenoxy) is 2. The first kappa shape index (κ1) is 27.3. The van der Waals surface area contributed by atoms with E-state index in [0.29, 0.717) is 11.1 Å². The molecule has 8 rings (SSSR count). The number of hydrogen-bond donors (Lipinski definition) is 0. The van der Waals surface area contributed by atoms with Crippen molar-refractivity contribution in [1.29, 1.82) is 0 Å². The monoisotopic (exact) mass is 601 g/mol. The van der Waals surface area contributed by atoms with Gasteiger partial charge in [0.2, 0.25) is 0 Å². The Morgan fingerprint density at radius 2 is 0.870 bits per heavy atom. The third-order valence-electron chi connectivity index (χ3n) is 8.62. The molecule has 3 heterocycles. The fourth-order valence-corrected chi connectivity index (χ4v) is 6.70. The van der Waals surface area contributed by atoms with E-state index in [4.69, 9.17) is 9.47 Å². The average Bonchev–Trinajstić information content (AvgIpc) is 3.63. The zero-order valence-corrected chi connectivity index (χ0v) is 25.1. The van der Waals surface area contributed by atoms with Gasteiger partial charge in [0.05, 0.1) is 47.4 Å². The molecule has 0 N–H and O–H groups in total. The van der Waals surface area contributed by atoms with Gasteiger partial charge >= 0.3 is 11.9 Å². The fraction of sp³-hybridized carbons (Fsp3) is 0.0513. The van der Waals surface area contributed by atoms with Crippen molar-refractivity contribution >= 4 is 55.6 Å². The number of fused-ring (bicyclic) bond motifs is 6. The van der Waals surface area contributed by atoms with Crippen molar-refractivity contribution in [2.45, 2.75) is 0 Å². The van der Waals surface area contributed by atoms with E-state index in [9.17, 15) is 9.59 Å². The standard InChI is InChI=1S/C39H27N3O4/c1-45-38(43)31-22-40-23-32(39(44)46-2)37(31)24-19-25(41-33-15-7-3-11-27(33)28-12-4-8-16-34(28)41)21-26(20-24)42-35-17-9-5-13-29(35)30-14-6-10-18-36(30)42/h3-23H,1-2H3. The van der Waals surface area contributed by atoms with Gasteiger partial charge < -0.3 is 18.6 Å². The average molecular weight is 602 g/mol. The first-order valence-electron chi connectivity index (χ1n) is 14.9. The summed E-state index contributed by atoms with van der Waals surface area (Å²) in [5, 5.41) is 4.49. The zero-order valence-electron chi connectivity index (χ0n) is 25.1. The molecule has 5 aromatic carbocycles. The predicted octanol–water partition coefficient (Wildman–Crippen LogP) is 8.52. The lowest BCUT2D eigenvalue weighted by molar-refractivity contribution is 0.0600. The molecule has 3 aromatic heterocycles. The third-order valence-corrected chi connectivity index (χ3v) is 8.62. The molecule has 46 heavy (non-hydrogen) atoms. The molecule has 8 aromatic rings. The maximum Gasteiger partial charge on any atom is 0.340 e. The number of aromatic nitrogens is 3. The molecule has 7 heteroatoms. The second-order valence-corrected chi connectivity index (χ2v) is 11.1. The highest BCUT2D eigenvalue weighted by molar-refractivity contribution is 6.11. The lowest BCUT2D eigenvalue weighted by atomic mass is 9.95. The minimum absolute atomic E-state index is 0.165. The molecule has 0 fully saturated rings. The van der Waals surface area contributed by atoms with Crippen molar-refractivity contribution in [2.75, 3.05) is 14.2 Å². The summed E-state index contributed by atoms with van der Waals surface area (Å²) >= 11 is 0. The minimum Gasteiger partial charge on any atom is -0.465 e. The lowest BCUT2D eigenvalue weighted by Gasteiger charge is -2.18. The third kappa shape index (κ3) is 4.09. The highest BCUT2D eigenvalue weighted by Gasteiger charge is 2.25. The number of carbonyl (C=O) groups is 2. The van der Waals surface area contributed by atoms with E-state index in [-0.39, 0.29) is 11.1 Å². The van der Waals surface area contributed by atoms with E-state index in [1.54, 1.807) is 0 Å². The molecule has 0 bridgehead atoms. The Kier molecular flexibility index (Phi) is 6.39. The molecule has 0 aliphatic heterocycles. The Bertz CT molecular complexity index is 2230. The number of benzene rings is 5. The van der Waals surface area contributed by atoms with Gasteiger partial charge in [0.25, 0.3) is 0 Å². The number of pyridine rings is 1. The van der Waals surface area contributed by atoms with Gasteiger partial charge in [-0.15, -0.1) is 0 Å².